The molecule has 0 aliphatic carbocycles. The lowest BCUT2D eigenvalue weighted by molar-refractivity contribution is 0.322. The van der Waals surface area contributed by atoms with Gasteiger partial charge >= 0.3 is 0 Å². The van der Waals surface area contributed by atoms with Gasteiger partial charge in [0.05, 0.1) is 18.7 Å². The minimum atomic E-state index is 0.763. The minimum absolute atomic E-state index is 0.763. The van der Waals surface area contributed by atoms with Crippen LogP contribution in [-0.4, -0.2) is 23.5 Å². The molecule has 0 unspecified atom stereocenters. The molecule has 0 atom stereocenters. The van der Waals surface area contributed by atoms with Gasteiger partial charge in [0.2, 0.25) is 0 Å². The standard InChI is InChI=1S/C10H10N2O2/c1-14-9-4-2-3-8-10(9)7(5-11-8)6-12-13/h2-6,11,13H,1H3. The predicted octanol–water partition coefficient (Wildman–Crippen LogP) is 1.98. The molecule has 4 heteroatoms. The molecule has 14 heavy (non-hydrogen) atoms. The summed E-state index contributed by atoms with van der Waals surface area (Å²) in [5.74, 6) is 0.763. The molecule has 1 heterocycles. The molecule has 0 bridgehead atoms. The third-order valence-electron chi connectivity index (χ3n) is 2.11. The van der Waals surface area contributed by atoms with Crippen LogP contribution in [-0.2, 0) is 0 Å². The number of ether oxygens (including phenoxy) is 1. The highest BCUT2D eigenvalue weighted by Crippen LogP contribution is 2.27. The van der Waals surface area contributed by atoms with Crippen LogP contribution in [0.3, 0.4) is 0 Å². The Morgan fingerprint density at radius 1 is 1.50 bits per heavy atom. The third-order valence-corrected chi connectivity index (χ3v) is 2.11. The fraction of sp³-hybridized carbons (Fsp3) is 0.100. The number of aromatic nitrogens is 1. The summed E-state index contributed by atoms with van der Waals surface area (Å²) < 4.78 is 5.21. The average molecular weight is 190 g/mol. The van der Waals surface area contributed by atoms with Gasteiger partial charge in [-0.3, -0.25) is 0 Å². The minimum Gasteiger partial charge on any atom is -0.496 e. The Hall–Kier alpha value is -1.97. The summed E-state index contributed by atoms with van der Waals surface area (Å²) in [6, 6.07) is 5.70. The predicted molar refractivity (Wildman–Crippen MR) is 54.2 cm³/mol. The lowest BCUT2D eigenvalue weighted by atomic mass is 10.1. The number of rotatable bonds is 2. The lowest BCUT2D eigenvalue weighted by Crippen LogP contribution is -1.85. The topological polar surface area (TPSA) is 57.6 Å². The van der Waals surface area contributed by atoms with Crippen LogP contribution in [0.4, 0.5) is 0 Å². The van der Waals surface area contributed by atoms with Crippen molar-refractivity contribution >= 4 is 17.1 Å². The van der Waals surface area contributed by atoms with Gasteiger partial charge in [0, 0.05) is 17.3 Å². The van der Waals surface area contributed by atoms with E-state index in [9.17, 15) is 0 Å². The van der Waals surface area contributed by atoms with E-state index < -0.39 is 0 Å². The number of oxime groups is 1. The van der Waals surface area contributed by atoms with Gasteiger partial charge < -0.3 is 14.9 Å². The smallest absolute Gasteiger partial charge is 0.128 e. The maximum atomic E-state index is 8.48. The highest BCUT2D eigenvalue weighted by molar-refractivity contribution is 6.02. The van der Waals surface area contributed by atoms with Gasteiger partial charge in [-0.25, -0.2) is 0 Å². The first kappa shape index (κ1) is 8.62. The summed E-state index contributed by atoms with van der Waals surface area (Å²) in [7, 11) is 1.61. The number of hydrogen-bond acceptors (Lipinski definition) is 3. The van der Waals surface area contributed by atoms with Crippen LogP contribution in [0.25, 0.3) is 10.9 Å². The molecule has 0 saturated carbocycles. The van der Waals surface area contributed by atoms with Gasteiger partial charge in [-0.05, 0) is 12.1 Å². The molecule has 1 aromatic carbocycles. The summed E-state index contributed by atoms with van der Waals surface area (Å²) >= 11 is 0. The molecule has 2 N–H and O–H groups in total. The molecule has 2 rings (SSSR count). The number of methoxy groups -OCH3 is 1. The second kappa shape index (κ2) is 3.41. The molecular weight excluding hydrogens is 180 g/mol. The van der Waals surface area contributed by atoms with Crippen LogP contribution >= 0.6 is 0 Å². The highest BCUT2D eigenvalue weighted by Gasteiger charge is 2.06. The highest BCUT2D eigenvalue weighted by atomic mass is 16.5. The molecule has 0 aliphatic heterocycles. The number of benzene rings is 1. The van der Waals surface area contributed by atoms with Crippen molar-refractivity contribution in [3.05, 3.63) is 30.0 Å². The molecule has 1 aromatic heterocycles. The van der Waals surface area contributed by atoms with Gasteiger partial charge in [-0.15, -0.1) is 0 Å². The van der Waals surface area contributed by atoms with Crippen molar-refractivity contribution in [3.63, 3.8) is 0 Å². The molecular formula is C10H10N2O2. The van der Waals surface area contributed by atoms with Crippen molar-refractivity contribution in [1.29, 1.82) is 0 Å². The molecule has 0 spiro atoms. The van der Waals surface area contributed by atoms with Gasteiger partial charge in [0.25, 0.3) is 0 Å². The zero-order chi connectivity index (χ0) is 9.97. The van der Waals surface area contributed by atoms with E-state index in [2.05, 4.69) is 10.1 Å². The Kier molecular flexibility index (Phi) is 2.10. The Bertz CT molecular complexity index is 474. The Balaban J connectivity index is 2.74. The quantitative estimate of drug-likeness (QED) is 0.432. The Morgan fingerprint density at radius 3 is 3.07 bits per heavy atom. The fourth-order valence-electron chi connectivity index (χ4n) is 1.51. The number of H-pyrrole nitrogens is 1. The Labute approximate surface area is 80.8 Å². The molecule has 0 amide bonds. The van der Waals surface area contributed by atoms with Crippen LogP contribution in [0.2, 0.25) is 0 Å². The van der Waals surface area contributed by atoms with Crippen molar-refractivity contribution in [3.8, 4) is 5.75 Å². The molecule has 0 saturated heterocycles. The summed E-state index contributed by atoms with van der Waals surface area (Å²) in [4.78, 5) is 3.07. The van der Waals surface area contributed by atoms with E-state index in [4.69, 9.17) is 9.94 Å². The molecule has 0 aliphatic rings. The monoisotopic (exact) mass is 190 g/mol. The normalized spacial score (nSPS) is 11.2. The second-order valence-corrected chi connectivity index (χ2v) is 2.87. The zero-order valence-electron chi connectivity index (χ0n) is 7.69. The summed E-state index contributed by atoms with van der Waals surface area (Å²) in [5.41, 5.74) is 1.76. The number of aromatic amines is 1. The SMILES string of the molecule is COc1cccc2[nH]cc(C=NO)c12. The van der Waals surface area contributed by atoms with E-state index in [0.717, 1.165) is 22.2 Å². The summed E-state index contributed by atoms with van der Waals surface area (Å²) in [5, 5.41) is 12.4. The van der Waals surface area contributed by atoms with E-state index in [1.54, 1.807) is 13.3 Å². The van der Waals surface area contributed by atoms with Crippen LogP contribution < -0.4 is 4.74 Å². The van der Waals surface area contributed by atoms with E-state index >= 15 is 0 Å². The van der Waals surface area contributed by atoms with E-state index in [-0.39, 0.29) is 0 Å². The molecule has 0 radical (unpaired) electrons. The molecule has 4 nitrogen and oxygen atoms in total. The molecule has 2 aromatic rings. The third kappa shape index (κ3) is 1.21. The number of nitrogens with one attached hydrogen (secondary N) is 1. The zero-order valence-corrected chi connectivity index (χ0v) is 7.69. The Morgan fingerprint density at radius 2 is 2.36 bits per heavy atom. The number of fused-ring (bicyclic) bond motifs is 1. The second-order valence-electron chi connectivity index (χ2n) is 2.87. The van der Waals surface area contributed by atoms with Gasteiger partial charge in [-0.1, -0.05) is 11.2 Å². The van der Waals surface area contributed by atoms with E-state index in [0.29, 0.717) is 0 Å². The van der Waals surface area contributed by atoms with Crippen molar-refractivity contribution in [2.75, 3.05) is 7.11 Å². The van der Waals surface area contributed by atoms with Crippen molar-refractivity contribution in [2.24, 2.45) is 5.16 Å². The van der Waals surface area contributed by atoms with Crippen molar-refractivity contribution < 1.29 is 9.94 Å². The number of hydrogen-bond donors (Lipinski definition) is 2. The fourth-order valence-corrected chi connectivity index (χ4v) is 1.51. The van der Waals surface area contributed by atoms with Crippen LogP contribution in [0.5, 0.6) is 5.75 Å². The van der Waals surface area contributed by atoms with Crippen molar-refractivity contribution in [1.82, 2.24) is 4.98 Å². The van der Waals surface area contributed by atoms with Gasteiger partial charge in [-0.2, -0.15) is 0 Å². The first-order chi connectivity index (χ1) is 6.86. The maximum absolute atomic E-state index is 8.48. The van der Waals surface area contributed by atoms with Crippen LogP contribution in [0, 0.1) is 0 Å². The maximum Gasteiger partial charge on any atom is 0.128 e. The van der Waals surface area contributed by atoms with E-state index in [1.165, 1.54) is 6.21 Å². The van der Waals surface area contributed by atoms with Gasteiger partial charge in [0.15, 0.2) is 0 Å². The number of nitrogens with zero attached hydrogens (tertiary/aromatic N) is 1. The van der Waals surface area contributed by atoms with Gasteiger partial charge in [0.1, 0.15) is 5.75 Å². The largest absolute Gasteiger partial charge is 0.496 e. The summed E-state index contributed by atoms with van der Waals surface area (Å²) in [6.07, 6.45) is 3.15. The lowest BCUT2D eigenvalue weighted by Gasteiger charge is -2.01. The van der Waals surface area contributed by atoms with Crippen LogP contribution in [0.15, 0.2) is 29.6 Å². The van der Waals surface area contributed by atoms with Crippen LogP contribution in [0.1, 0.15) is 5.56 Å². The molecule has 72 valence electrons. The molecule has 0 fully saturated rings. The van der Waals surface area contributed by atoms with E-state index in [1.807, 2.05) is 18.2 Å². The average Bonchev–Trinajstić information content (AvgIpc) is 2.62. The first-order valence-corrected chi connectivity index (χ1v) is 4.18. The first-order valence-electron chi connectivity index (χ1n) is 4.18. The van der Waals surface area contributed by atoms with Crippen molar-refractivity contribution in [2.45, 2.75) is 0 Å². The summed E-state index contributed by atoms with van der Waals surface area (Å²) in [6.45, 7) is 0.